The molecule has 5 rings (SSSR count). The summed E-state index contributed by atoms with van der Waals surface area (Å²) in [4.78, 5) is 24.9. The molecular formula is C24H19NO6S2. The molecule has 0 saturated carbocycles. The number of ether oxygens (including phenoxy) is 1. The Bertz CT molecular complexity index is 1520. The lowest BCUT2D eigenvalue weighted by atomic mass is 10.0. The molecule has 2 aromatic carbocycles. The van der Waals surface area contributed by atoms with E-state index in [2.05, 4.69) is 4.72 Å². The van der Waals surface area contributed by atoms with Crippen LogP contribution in [0.15, 0.2) is 73.4 Å². The van der Waals surface area contributed by atoms with Crippen LogP contribution in [-0.4, -0.2) is 14.4 Å². The van der Waals surface area contributed by atoms with Crippen molar-refractivity contribution >= 4 is 44.0 Å². The number of esters is 1. The lowest BCUT2D eigenvalue weighted by molar-refractivity contribution is 0.0475. The van der Waals surface area contributed by atoms with E-state index in [0.717, 1.165) is 36.0 Å². The molecule has 0 atom stereocenters. The van der Waals surface area contributed by atoms with Gasteiger partial charge in [-0.15, -0.1) is 11.3 Å². The van der Waals surface area contributed by atoms with Gasteiger partial charge < -0.3 is 9.15 Å². The van der Waals surface area contributed by atoms with Gasteiger partial charge >= 0.3 is 11.6 Å². The fourth-order valence-corrected chi connectivity index (χ4v) is 6.07. The van der Waals surface area contributed by atoms with Crippen LogP contribution >= 0.6 is 11.3 Å². The Balaban J connectivity index is 1.41. The number of aryl methyl sites for hydroxylation is 2. The molecule has 7 nitrogen and oxygen atoms in total. The van der Waals surface area contributed by atoms with E-state index < -0.39 is 21.6 Å². The number of para-hydroxylation sites is 1. The van der Waals surface area contributed by atoms with Crippen LogP contribution in [0.4, 0.5) is 5.69 Å². The summed E-state index contributed by atoms with van der Waals surface area (Å²) in [6, 6.07) is 14.5. The first-order valence-corrected chi connectivity index (χ1v) is 12.7. The highest BCUT2D eigenvalue weighted by Gasteiger charge is 2.21. The van der Waals surface area contributed by atoms with E-state index >= 15 is 0 Å². The Morgan fingerprint density at radius 2 is 1.85 bits per heavy atom. The third kappa shape index (κ3) is 4.29. The third-order valence-corrected chi connectivity index (χ3v) is 8.32. The number of sulfonamides is 1. The van der Waals surface area contributed by atoms with E-state index in [0.29, 0.717) is 11.1 Å². The van der Waals surface area contributed by atoms with Crippen molar-refractivity contribution in [2.24, 2.45) is 0 Å². The number of anilines is 1. The normalized spacial score (nSPS) is 13.1. The largest absolute Gasteiger partial charge is 0.457 e. The number of carbonyl (C=O) groups is 1. The summed E-state index contributed by atoms with van der Waals surface area (Å²) in [5.74, 6) is -0.706. The van der Waals surface area contributed by atoms with Crippen molar-refractivity contribution in [1.82, 2.24) is 0 Å². The molecule has 0 radical (unpaired) electrons. The molecular weight excluding hydrogens is 462 g/mol. The lowest BCUT2D eigenvalue weighted by Gasteiger charge is -2.12. The molecule has 0 saturated heterocycles. The van der Waals surface area contributed by atoms with Crippen LogP contribution in [-0.2, 0) is 34.2 Å². The SMILES string of the molecule is O=C(OCc1cc(=O)oc2cc3c(cc12)CCC3)c1ccccc1NS(=O)(=O)c1cccs1. The maximum absolute atomic E-state index is 12.9. The van der Waals surface area contributed by atoms with Crippen LogP contribution in [0.2, 0.25) is 0 Å². The Morgan fingerprint density at radius 1 is 1.06 bits per heavy atom. The summed E-state index contributed by atoms with van der Waals surface area (Å²) in [5.41, 5.74) is 3.07. The van der Waals surface area contributed by atoms with Crippen molar-refractivity contribution in [3.8, 4) is 0 Å². The van der Waals surface area contributed by atoms with Gasteiger partial charge in [0.2, 0.25) is 0 Å². The van der Waals surface area contributed by atoms with Gasteiger partial charge in [0.15, 0.2) is 0 Å². The summed E-state index contributed by atoms with van der Waals surface area (Å²) < 4.78 is 38.6. The summed E-state index contributed by atoms with van der Waals surface area (Å²) in [5, 5.41) is 2.39. The Hall–Kier alpha value is -3.43. The topological polar surface area (TPSA) is 103 Å². The van der Waals surface area contributed by atoms with Gasteiger partial charge in [-0.3, -0.25) is 4.72 Å². The zero-order valence-electron chi connectivity index (χ0n) is 17.4. The van der Waals surface area contributed by atoms with Crippen molar-refractivity contribution in [1.29, 1.82) is 0 Å². The highest BCUT2D eigenvalue weighted by Crippen LogP contribution is 2.29. The first-order valence-electron chi connectivity index (χ1n) is 10.3. The van der Waals surface area contributed by atoms with Gasteiger partial charge in [0.05, 0.1) is 11.3 Å². The second-order valence-corrected chi connectivity index (χ2v) is 10.6. The van der Waals surface area contributed by atoms with Gasteiger partial charge in [-0.05, 0) is 66.1 Å². The van der Waals surface area contributed by atoms with Crippen molar-refractivity contribution in [2.45, 2.75) is 30.1 Å². The van der Waals surface area contributed by atoms with E-state index in [1.165, 1.54) is 35.4 Å². The first-order chi connectivity index (χ1) is 15.9. The van der Waals surface area contributed by atoms with Crippen LogP contribution in [0.3, 0.4) is 0 Å². The number of thiophene rings is 1. The molecule has 9 heteroatoms. The number of benzene rings is 2. The molecule has 1 N–H and O–H groups in total. The fraction of sp³-hybridized carbons (Fsp3) is 0.167. The van der Waals surface area contributed by atoms with Crippen LogP contribution in [0.1, 0.15) is 33.5 Å². The zero-order valence-corrected chi connectivity index (χ0v) is 19.0. The minimum atomic E-state index is -3.83. The molecule has 4 aromatic rings. The molecule has 1 aliphatic carbocycles. The van der Waals surface area contributed by atoms with Gasteiger partial charge in [0, 0.05) is 17.0 Å². The molecule has 0 amide bonds. The second-order valence-electron chi connectivity index (χ2n) is 7.72. The van der Waals surface area contributed by atoms with Crippen molar-refractivity contribution < 1.29 is 22.4 Å². The highest BCUT2D eigenvalue weighted by atomic mass is 32.2. The smallest absolute Gasteiger partial charge is 0.340 e. The summed E-state index contributed by atoms with van der Waals surface area (Å²) >= 11 is 1.08. The maximum atomic E-state index is 12.9. The molecule has 33 heavy (non-hydrogen) atoms. The van der Waals surface area contributed by atoms with E-state index in [-0.39, 0.29) is 22.1 Å². The van der Waals surface area contributed by atoms with E-state index in [9.17, 15) is 18.0 Å². The van der Waals surface area contributed by atoms with Crippen LogP contribution in [0, 0.1) is 0 Å². The number of fused-ring (bicyclic) bond motifs is 2. The highest BCUT2D eigenvalue weighted by molar-refractivity contribution is 7.94. The van der Waals surface area contributed by atoms with Crippen LogP contribution in [0.5, 0.6) is 0 Å². The molecule has 2 heterocycles. The number of carbonyl (C=O) groups excluding carboxylic acids is 1. The van der Waals surface area contributed by atoms with E-state index in [1.54, 1.807) is 23.6 Å². The Kier molecular flexibility index (Phi) is 5.51. The van der Waals surface area contributed by atoms with Gasteiger partial charge in [-0.1, -0.05) is 18.2 Å². The minimum absolute atomic E-state index is 0.0748. The quantitative estimate of drug-likeness (QED) is 0.321. The lowest BCUT2D eigenvalue weighted by Crippen LogP contribution is -2.16. The average Bonchev–Trinajstić information content (AvgIpc) is 3.48. The predicted molar refractivity (Wildman–Crippen MR) is 125 cm³/mol. The monoisotopic (exact) mass is 481 g/mol. The first kappa shape index (κ1) is 21.4. The molecule has 168 valence electrons. The molecule has 1 aliphatic rings. The van der Waals surface area contributed by atoms with Crippen molar-refractivity contribution in [3.05, 3.63) is 92.7 Å². The van der Waals surface area contributed by atoms with Gasteiger partial charge in [0.1, 0.15) is 16.4 Å². The Morgan fingerprint density at radius 3 is 2.64 bits per heavy atom. The van der Waals surface area contributed by atoms with E-state index in [1.807, 2.05) is 12.1 Å². The summed E-state index contributed by atoms with van der Waals surface area (Å²) in [7, 11) is -3.83. The molecule has 0 unspecified atom stereocenters. The predicted octanol–water partition coefficient (Wildman–Crippen LogP) is 4.50. The fourth-order valence-electron chi connectivity index (χ4n) is 4.00. The molecule has 0 spiro atoms. The Labute approximate surface area is 193 Å². The standard InChI is InChI=1S/C24H19NO6S2/c26-22-13-17(19-11-15-5-3-6-16(15)12-21(19)31-22)14-30-24(27)18-7-1-2-8-20(18)25-33(28,29)23-9-4-10-32-23/h1-2,4,7-13,25H,3,5-6,14H2. The summed E-state index contributed by atoms with van der Waals surface area (Å²) in [6.45, 7) is -0.147. The van der Waals surface area contributed by atoms with Crippen LogP contribution < -0.4 is 10.3 Å². The van der Waals surface area contributed by atoms with Crippen molar-refractivity contribution in [2.75, 3.05) is 4.72 Å². The van der Waals surface area contributed by atoms with Gasteiger partial charge in [-0.25, -0.2) is 18.0 Å². The minimum Gasteiger partial charge on any atom is -0.457 e. The van der Waals surface area contributed by atoms with Crippen molar-refractivity contribution in [3.63, 3.8) is 0 Å². The molecule has 0 bridgehead atoms. The number of rotatable bonds is 6. The average molecular weight is 482 g/mol. The molecule has 0 aliphatic heterocycles. The molecule has 2 aromatic heterocycles. The third-order valence-electron chi connectivity index (χ3n) is 5.55. The summed E-state index contributed by atoms with van der Waals surface area (Å²) in [6.07, 6.45) is 2.96. The number of nitrogens with one attached hydrogen (secondary N) is 1. The van der Waals surface area contributed by atoms with Crippen LogP contribution in [0.25, 0.3) is 11.0 Å². The second kappa shape index (κ2) is 8.49. The van der Waals surface area contributed by atoms with Gasteiger partial charge in [0.25, 0.3) is 10.0 Å². The molecule has 0 fully saturated rings. The maximum Gasteiger partial charge on any atom is 0.340 e. The zero-order chi connectivity index (χ0) is 23.0. The number of hydrogen-bond acceptors (Lipinski definition) is 7. The van der Waals surface area contributed by atoms with E-state index in [4.69, 9.17) is 9.15 Å². The van der Waals surface area contributed by atoms with Gasteiger partial charge in [-0.2, -0.15) is 0 Å². The number of hydrogen-bond donors (Lipinski definition) is 1.